The number of aromatic nitrogens is 3. The van der Waals surface area contributed by atoms with Crippen LogP contribution in [0.5, 0.6) is 5.75 Å². The molecule has 3 heterocycles. The van der Waals surface area contributed by atoms with Crippen molar-refractivity contribution in [2.75, 3.05) is 14.2 Å². The van der Waals surface area contributed by atoms with Gasteiger partial charge in [0.15, 0.2) is 0 Å². The fourth-order valence-corrected chi connectivity index (χ4v) is 4.16. The molecule has 0 bridgehead atoms. The first-order valence-electron chi connectivity index (χ1n) is 8.30. The summed E-state index contributed by atoms with van der Waals surface area (Å²) in [7, 11) is 3.37. The Labute approximate surface area is 155 Å². The van der Waals surface area contributed by atoms with E-state index in [1.54, 1.807) is 25.6 Å². The normalized spacial score (nSPS) is 11.4. The van der Waals surface area contributed by atoms with Crippen LogP contribution in [0.3, 0.4) is 0 Å². The van der Waals surface area contributed by atoms with Gasteiger partial charge in [-0.15, -0.1) is 11.3 Å². The summed E-state index contributed by atoms with van der Waals surface area (Å²) in [5, 5.41) is 1.92. The zero-order valence-corrected chi connectivity index (χ0v) is 16.0. The van der Waals surface area contributed by atoms with E-state index < -0.39 is 0 Å². The van der Waals surface area contributed by atoms with Crippen molar-refractivity contribution >= 4 is 32.5 Å². The first kappa shape index (κ1) is 16.9. The van der Waals surface area contributed by atoms with E-state index in [-0.39, 0.29) is 0 Å². The lowest BCUT2D eigenvalue weighted by Crippen LogP contribution is -1.95. The molecular weight excluding hydrogens is 346 g/mol. The minimum Gasteiger partial charge on any atom is -0.497 e. The summed E-state index contributed by atoms with van der Waals surface area (Å²) in [6.45, 7) is 4.58. The molecule has 1 aromatic carbocycles. The van der Waals surface area contributed by atoms with Crippen LogP contribution in [-0.4, -0.2) is 29.2 Å². The first-order valence-corrected chi connectivity index (χ1v) is 9.11. The van der Waals surface area contributed by atoms with Crippen LogP contribution in [0, 0.1) is 13.8 Å². The third-order valence-electron chi connectivity index (χ3n) is 4.26. The maximum atomic E-state index is 5.38. The molecule has 0 amide bonds. The SMILES string of the molecule is COCc1cnc2c(-c3nc4c(C)cc(OC)cc4s3)nc(C)cc2c1. The van der Waals surface area contributed by atoms with Crippen LogP contribution >= 0.6 is 11.3 Å². The lowest BCUT2D eigenvalue weighted by molar-refractivity contribution is 0.185. The van der Waals surface area contributed by atoms with E-state index in [1.165, 1.54) is 0 Å². The number of ether oxygens (including phenoxy) is 2. The van der Waals surface area contributed by atoms with Gasteiger partial charge in [-0.2, -0.15) is 0 Å². The lowest BCUT2D eigenvalue weighted by atomic mass is 10.1. The molecule has 0 aliphatic heterocycles. The van der Waals surface area contributed by atoms with Gasteiger partial charge < -0.3 is 9.47 Å². The number of hydrogen-bond donors (Lipinski definition) is 0. The summed E-state index contributed by atoms with van der Waals surface area (Å²) in [4.78, 5) is 14.2. The molecule has 0 aliphatic carbocycles. The van der Waals surface area contributed by atoms with Crippen LogP contribution in [0.15, 0.2) is 30.5 Å². The molecule has 0 unspecified atom stereocenters. The molecule has 0 atom stereocenters. The molecule has 132 valence electrons. The fraction of sp³-hybridized carbons (Fsp3) is 0.250. The van der Waals surface area contributed by atoms with E-state index in [0.717, 1.165) is 54.4 Å². The van der Waals surface area contributed by atoms with Gasteiger partial charge in [-0.05, 0) is 49.2 Å². The van der Waals surface area contributed by atoms with Crippen LogP contribution in [0.25, 0.3) is 31.8 Å². The van der Waals surface area contributed by atoms with Crippen LogP contribution < -0.4 is 4.74 Å². The zero-order valence-electron chi connectivity index (χ0n) is 15.2. The van der Waals surface area contributed by atoms with Gasteiger partial charge in [0.2, 0.25) is 0 Å². The predicted octanol–water partition coefficient (Wildman–Crippen LogP) is 4.68. The Morgan fingerprint density at radius 1 is 1.00 bits per heavy atom. The molecule has 4 rings (SSSR count). The van der Waals surface area contributed by atoms with E-state index in [4.69, 9.17) is 19.4 Å². The van der Waals surface area contributed by atoms with Crippen molar-refractivity contribution in [2.45, 2.75) is 20.5 Å². The van der Waals surface area contributed by atoms with E-state index >= 15 is 0 Å². The van der Waals surface area contributed by atoms with E-state index in [2.05, 4.69) is 11.1 Å². The van der Waals surface area contributed by atoms with Crippen LogP contribution in [0.2, 0.25) is 0 Å². The van der Waals surface area contributed by atoms with Crippen molar-refractivity contribution in [3.63, 3.8) is 0 Å². The molecule has 6 heteroatoms. The maximum Gasteiger partial charge on any atom is 0.145 e. The van der Waals surface area contributed by atoms with Crippen molar-refractivity contribution in [3.05, 3.63) is 47.3 Å². The molecule has 26 heavy (non-hydrogen) atoms. The number of fused-ring (bicyclic) bond motifs is 2. The van der Waals surface area contributed by atoms with Gasteiger partial charge in [0.05, 0.1) is 29.5 Å². The zero-order chi connectivity index (χ0) is 18.3. The molecule has 0 fully saturated rings. The second-order valence-corrected chi connectivity index (χ2v) is 7.30. The topological polar surface area (TPSA) is 57.1 Å². The van der Waals surface area contributed by atoms with Crippen molar-refractivity contribution in [1.82, 2.24) is 15.0 Å². The van der Waals surface area contributed by atoms with Crippen LogP contribution in [0.1, 0.15) is 16.8 Å². The number of thiazole rings is 1. The first-order chi connectivity index (χ1) is 12.6. The van der Waals surface area contributed by atoms with E-state index in [1.807, 2.05) is 38.2 Å². The van der Waals surface area contributed by atoms with Crippen LogP contribution in [0.4, 0.5) is 0 Å². The predicted molar refractivity (Wildman–Crippen MR) is 105 cm³/mol. The van der Waals surface area contributed by atoms with Gasteiger partial charge in [0.25, 0.3) is 0 Å². The number of methoxy groups -OCH3 is 2. The molecule has 0 saturated heterocycles. The van der Waals surface area contributed by atoms with Crippen molar-refractivity contribution in [1.29, 1.82) is 0 Å². The third kappa shape index (κ3) is 2.91. The smallest absolute Gasteiger partial charge is 0.145 e. The quantitative estimate of drug-likeness (QED) is 0.526. The Balaban J connectivity index is 1.93. The molecule has 3 aromatic heterocycles. The van der Waals surface area contributed by atoms with Gasteiger partial charge in [-0.1, -0.05) is 0 Å². The minimum absolute atomic E-state index is 0.541. The number of benzene rings is 1. The Morgan fingerprint density at radius 2 is 1.85 bits per heavy atom. The van der Waals surface area contributed by atoms with Gasteiger partial charge in [0.1, 0.15) is 16.5 Å². The number of pyridine rings is 2. The monoisotopic (exact) mass is 365 g/mol. The lowest BCUT2D eigenvalue weighted by Gasteiger charge is -2.06. The highest BCUT2D eigenvalue weighted by Crippen LogP contribution is 2.36. The summed E-state index contributed by atoms with van der Waals surface area (Å²) in [5.41, 5.74) is 5.74. The van der Waals surface area contributed by atoms with Crippen LogP contribution in [-0.2, 0) is 11.3 Å². The number of rotatable bonds is 4. The Bertz CT molecular complexity index is 1120. The average molecular weight is 365 g/mol. The molecule has 4 aromatic rings. The van der Waals surface area contributed by atoms with Crippen molar-refractivity contribution in [2.24, 2.45) is 0 Å². The molecule has 0 N–H and O–H groups in total. The van der Waals surface area contributed by atoms with Gasteiger partial charge in [0, 0.05) is 24.4 Å². The van der Waals surface area contributed by atoms with E-state index in [0.29, 0.717) is 6.61 Å². The summed E-state index contributed by atoms with van der Waals surface area (Å²) in [5.74, 6) is 0.842. The van der Waals surface area contributed by atoms with Crippen molar-refractivity contribution < 1.29 is 9.47 Å². The Morgan fingerprint density at radius 3 is 2.62 bits per heavy atom. The Kier molecular flexibility index (Phi) is 4.30. The summed E-state index contributed by atoms with van der Waals surface area (Å²) >= 11 is 1.61. The molecule has 0 spiro atoms. The molecule has 0 saturated carbocycles. The molecular formula is C20H19N3O2S. The molecule has 0 radical (unpaired) electrons. The third-order valence-corrected chi connectivity index (χ3v) is 5.27. The second-order valence-electron chi connectivity index (χ2n) is 6.27. The summed E-state index contributed by atoms with van der Waals surface area (Å²) in [6, 6.07) is 8.17. The summed E-state index contributed by atoms with van der Waals surface area (Å²) in [6.07, 6.45) is 1.84. The standard InChI is InChI=1S/C20H19N3O2S/c1-11-5-15(25-4)8-16-17(11)23-20(26-16)19-18-14(6-12(2)22-19)7-13(9-21-18)10-24-3/h5-9H,10H2,1-4H3. The van der Waals surface area contributed by atoms with E-state index in [9.17, 15) is 0 Å². The fourth-order valence-electron chi connectivity index (χ4n) is 3.10. The largest absolute Gasteiger partial charge is 0.497 e. The average Bonchev–Trinajstić information content (AvgIpc) is 3.05. The second kappa shape index (κ2) is 6.63. The Hall–Kier alpha value is -2.57. The highest BCUT2D eigenvalue weighted by atomic mass is 32.1. The van der Waals surface area contributed by atoms with Crippen molar-refractivity contribution in [3.8, 4) is 16.5 Å². The van der Waals surface area contributed by atoms with Gasteiger partial charge in [-0.25, -0.2) is 9.97 Å². The van der Waals surface area contributed by atoms with Gasteiger partial charge >= 0.3 is 0 Å². The molecule has 0 aliphatic rings. The number of nitrogens with zero attached hydrogens (tertiary/aromatic N) is 3. The highest BCUT2D eigenvalue weighted by molar-refractivity contribution is 7.21. The highest BCUT2D eigenvalue weighted by Gasteiger charge is 2.15. The van der Waals surface area contributed by atoms with Gasteiger partial charge in [-0.3, -0.25) is 4.98 Å². The number of aryl methyl sites for hydroxylation is 2. The number of hydrogen-bond acceptors (Lipinski definition) is 6. The summed E-state index contributed by atoms with van der Waals surface area (Å²) < 4.78 is 11.7. The minimum atomic E-state index is 0.541. The molecule has 5 nitrogen and oxygen atoms in total. The maximum absolute atomic E-state index is 5.38.